The van der Waals surface area contributed by atoms with E-state index in [4.69, 9.17) is 20.8 Å². The van der Waals surface area contributed by atoms with Gasteiger partial charge in [0.05, 0.1) is 22.3 Å². The van der Waals surface area contributed by atoms with Crippen LogP contribution in [0.3, 0.4) is 0 Å². The van der Waals surface area contributed by atoms with E-state index in [9.17, 15) is 14.9 Å². The molecule has 0 saturated heterocycles. The van der Waals surface area contributed by atoms with E-state index in [2.05, 4.69) is 5.32 Å². The van der Waals surface area contributed by atoms with Gasteiger partial charge in [-0.25, -0.2) is 0 Å². The highest BCUT2D eigenvalue weighted by molar-refractivity contribution is 6.32. The van der Waals surface area contributed by atoms with Crippen LogP contribution in [0, 0.1) is 10.1 Å². The number of amides is 1. The zero-order valence-electron chi connectivity index (χ0n) is 11.6. The lowest BCUT2D eigenvalue weighted by Crippen LogP contribution is -2.31. The first kappa shape index (κ1) is 15.8. The van der Waals surface area contributed by atoms with Crippen LogP contribution in [0.25, 0.3) is 0 Å². The van der Waals surface area contributed by atoms with Gasteiger partial charge in [-0.2, -0.15) is 0 Å². The van der Waals surface area contributed by atoms with Crippen LogP contribution in [0.4, 0.5) is 5.69 Å². The number of hydrogen-bond donors (Lipinski definition) is 1. The van der Waals surface area contributed by atoms with Crippen LogP contribution in [-0.4, -0.2) is 17.4 Å². The van der Waals surface area contributed by atoms with Crippen molar-refractivity contribution in [3.63, 3.8) is 0 Å². The molecule has 0 aliphatic heterocycles. The highest BCUT2D eigenvalue weighted by Gasteiger charge is 2.14. The SMILES string of the molecule is CC(NC(=O)COc1ccc([N+](=O)[O-])cc1Cl)c1ccco1. The summed E-state index contributed by atoms with van der Waals surface area (Å²) in [7, 11) is 0. The lowest BCUT2D eigenvalue weighted by atomic mass is 10.2. The number of non-ortho nitro benzene ring substituents is 1. The number of rotatable bonds is 6. The van der Waals surface area contributed by atoms with E-state index in [0.717, 1.165) is 0 Å². The van der Waals surface area contributed by atoms with Crippen molar-refractivity contribution < 1.29 is 18.9 Å². The summed E-state index contributed by atoms with van der Waals surface area (Å²) in [6.07, 6.45) is 1.52. The van der Waals surface area contributed by atoms with E-state index in [0.29, 0.717) is 5.76 Å². The predicted octanol–water partition coefficient (Wildman–Crippen LogP) is 3.10. The molecule has 0 radical (unpaired) electrons. The van der Waals surface area contributed by atoms with Crippen LogP contribution in [0.1, 0.15) is 18.7 Å². The lowest BCUT2D eigenvalue weighted by molar-refractivity contribution is -0.384. The van der Waals surface area contributed by atoms with E-state index in [1.54, 1.807) is 19.1 Å². The van der Waals surface area contributed by atoms with E-state index in [-0.39, 0.29) is 35.0 Å². The minimum absolute atomic E-state index is 0.0704. The van der Waals surface area contributed by atoms with Crippen molar-refractivity contribution in [1.29, 1.82) is 0 Å². The van der Waals surface area contributed by atoms with Gasteiger partial charge in [0, 0.05) is 12.1 Å². The largest absolute Gasteiger partial charge is 0.482 e. The van der Waals surface area contributed by atoms with Gasteiger partial charge in [-0.3, -0.25) is 14.9 Å². The third kappa shape index (κ3) is 3.98. The molecule has 22 heavy (non-hydrogen) atoms. The fraction of sp³-hybridized carbons (Fsp3) is 0.214. The fourth-order valence-electron chi connectivity index (χ4n) is 1.76. The van der Waals surface area contributed by atoms with Crippen molar-refractivity contribution in [2.24, 2.45) is 0 Å². The Morgan fingerprint density at radius 2 is 2.27 bits per heavy atom. The maximum Gasteiger partial charge on any atom is 0.271 e. The number of ether oxygens (including phenoxy) is 1. The van der Waals surface area contributed by atoms with Gasteiger partial charge < -0.3 is 14.5 Å². The number of hydrogen-bond acceptors (Lipinski definition) is 5. The van der Waals surface area contributed by atoms with E-state index in [1.807, 2.05) is 0 Å². The molecule has 2 rings (SSSR count). The summed E-state index contributed by atoms with van der Waals surface area (Å²) >= 11 is 5.87. The summed E-state index contributed by atoms with van der Waals surface area (Å²) in [6, 6.07) is 6.96. The Labute approximate surface area is 131 Å². The number of nitro benzene ring substituents is 1. The van der Waals surface area contributed by atoms with Crippen molar-refractivity contribution in [2.45, 2.75) is 13.0 Å². The predicted molar refractivity (Wildman–Crippen MR) is 78.9 cm³/mol. The Kier molecular flexibility index (Phi) is 5.00. The molecule has 0 bridgehead atoms. The number of nitrogens with one attached hydrogen (secondary N) is 1. The Bertz CT molecular complexity index is 672. The van der Waals surface area contributed by atoms with Crippen LogP contribution in [0.15, 0.2) is 41.0 Å². The molecule has 0 spiro atoms. The third-order valence-electron chi connectivity index (χ3n) is 2.83. The molecule has 7 nitrogen and oxygen atoms in total. The van der Waals surface area contributed by atoms with E-state index in [1.165, 1.54) is 24.5 Å². The van der Waals surface area contributed by atoms with E-state index < -0.39 is 4.92 Å². The molecular weight excluding hydrogens is 312 g/mol. The molecule has 116 valence electrons. The molecule has 1 amide bonds. The number of carbonyl (C=O) groups excluding carboxylic acids is 1. The van der Waals surface area contributed by atoms with Gasteiger partial charge in [-0.05, 0) is 25.1 Å². The summed E-state index contributed by atoms with van der Waals surface area (Å²) in [6.45, 7) is 1.51. The normalized spacial score (nSPS) is 11.7. The first-order chi connectivity index (χ1) is 10.5. The second-order valence-corrected chi connectivity index (χ2v) is 4.87. The van der Waals surface area contributed by atoms with E-state index >= 15 is 0 Å². The molecule has 1 heterocycles. The van der Waals surface area contributed by atoms with Crippen molar-refractivity contribution >= 4 is 23.2 Å². The first-order valence-corrected chi connectivity index (χ1v) is 6.74. The third-order valence-corrected chi connectivity index (χ3v) is 3.13. The zero-order valence-corrected chi connectivity index (χ0v) is 12.4. The van der Waals surface area contributed by atoms with Gasteiger partial charge in [0.25, 0.3) is 11.6 Å². The average molecular weight is 325 g/mol. The van der Waals surface area contributed by atoms with Crippen LogP contribution in [0.5, 0.6) is 5.75 Å². The fourth-order valence-corrected chi connectivity index (χ4v) is 1.98. The summed E-state index contributed by atoms with van der Waals surface area (Å²) in [5.74, 6) is 0.466. The molecule has 2 aromatic rings. The molecule has 0 saturated carbocycles. The number of carbonyl (C=O) groups is 1. The Balaban J connectivity index is 1.90. The van der Waals surface area contributed by atoms with Crippen molar-refractivity contribution in [3.8, 4) is 5.75 Å². The summed E-state index contributed by atoms with van der Waals surface area (Å²) in [5.41, 5.74) is -0.145. The summed E-state index contributed by atoms with van der Waals surface area (Å²) < 4.78 is 10.4. The van der Waals surface area contributed by atoms with Gasteiger partial charge in [0.2, 0.25) is 0 Å². The monoisotopic (exact) mass is 324 g/mol. The second kappa shape index (κ2) is 6.95. The Morgan fingerprint density at radius 3 is 2.86 bits per heavy atom. The van der Waals surface area contributed by atoms with Crippen LogP contribution < -0.4 is 10.1 Å². The van der Waals surface area contributed by atoms with Gasteiger partial charge in [0.1, 0.15) is 11.5 Å². The maximum atomic E-state index is 11.8. The second-order valence-electron chi connectivity index (χ2n) is 4.47. The number of furan rings is 1. The highest BCUT2D eigenvalue weighted by Crippen LogP contribution is 2.28. The Morgan fingerprint density at radius 1 is 1.50 bits per heavy atom. The van der Waals surface area contributed by atoms with Gasteiger partial charge in [-0.15, -0.1) is 0 Å². The maximum absolute atomic E-state index is 11.8. The molecule has 1 aromatic carbocycles. The van der Waals surface area contributed by atoms with Gasteiger partial charge in [0.15, 0.2) is 6.61 Å². The van der Waals surface area contributed by atoms with Crippen LogP contribution in [0.2, 0.25) is 5.02 Å². The van der Waals surface area contributed by atoms with Gasteiger partial charge >= 0.3 is 0 Å². The minimum atomic E-state index is -0.562. The molecule has 1 unspecified atom stereocenters. The quantitative estimate of drug-likeness (QED) is 0.650. The summed E-state index contributed by atoms with van der Waals surface area (Å²) in [5, 5.41) is 13.4. The lowest BCUT2D eigenvalue weighted by Gasteiger charge is -2.12. The minimum Gasteiger partial charge on any atom is -0.482 e. The van der Waals surface area contributed by atoms with Crippen LogP contribution >= 0.6 is 11.6 Å². The van der Waals surface area contributed by atoms with Crippen molar-refractivity contribution in [2.75, 3.05) is 6.61 Å². The number of benzene rings is 1. The molecule has 0 aliphatic rings. The highest BCUT2D eigenvalue weighted by atomic mass is 35.5. The standard InChI is InChI=1S/C14H13ClN2O5/c1-9(12-3-2-6-21-12)16-14(18)8-22-13-5-4-10(17(19)20)7-11(13)15/h2-7,9H,8H2,1H3,(H,16,18). The molecule has 1 aromatic heterocycles. The number of halogens is 1. The molecule has 0 fully saturated rings. The first-order valence-electron chi connectivity index (χ1n) is 6.37. The zero-order chi connectivity index (χ0) is 16.1. The van der Waals surface area contributed by atoms with Gasteiger partial charge in [-0.1, -0.05) is 11.6 Å². The number of nitrogens with zero attached hydrogens (tertiary/aromatic N) is 1. The molecule has 0 aliphatic carbocycles. The van der Waals surface area contributed by atoms with Crippen molar-refractivity contribution in [1.82, 2.24) is 5.32 Å². The number of nitro groups is 1. The topological polar surface area (TPSA) is 94.6 Å². The molecule has 8 heteroatoms. The molecular formula is C14H13ClN2O5. The van der Waals surface area contributed by atoms with Crippen LogP contribution in [-0.2, 0) is 4.79 Å². The van der Waals surface area contributed by atoms with Crippen molar-refractivity contribution in [3.05, 3.63) is 57.5 Å². The average Bonchev–Trinajstić information content (AvgIpc) is 3.00. The smallest absolute Gasteiger partial charge is 0.271 e. The summed E-state index contributed by atoms with van der Waals surface area (Å²) in [4.78, 5) is 21.8. The Hall–Kier alpha value is -2.54. The molecule has 1 atom stereocenters. The molecule has 1 N–H and O–H groups in total.